The highest BCUT2D eigenvalue weighted by Crippen LogP contribution is 2.40. The van der Waals surface area contributed by atoms with Gasteiger partial charge in [-0.3, -0.25) is 9.79 Å². The number of benzene rings is 3. The van der Waals surface area contributed by atoms with Gasteiger partial charge in [0.15, 0.2) is 17.2 Å². The van der Waals surface area contributed by atoms with Gasteiger partial charge in [-0.2, -0.15) is 0 Å². The number of nitrogens with two attached hydrogens (primary N) is 1. The zero-order valence-corrected chi connectivity index (χ0v) is 25.8. The van der Waals surface area contributed by atoms with Crippen LogP contribution in [0.3, 0.4) is 0 Å². The van der Waals surface area contributed by atoms with Crippen molar-refractivity contribution in [2.45, 2.75) is 58.6 Å². The van der Waals surface area contributed by atoms with Crippen molar-refractivity contribution in [1.29, 1.82) is 0 Å². The van der Waals surface area contributed by atoms with Crippen LogP contribution in [0.4, 0.5) is 11.4 Å². The maximum Gasteiger partial charge on any atom is 0.256 e. The molecule has 0 aromatic heterocycles. The summed E-state index contributed by atoms with van der Waals surface area (Å²) in [6.07, 6.45) is 4.48. The van der Waals surface area contributed by atoms with E-state index in [9.17, 15) is 4.79 Å². The lowest BCUT2D eigenvalue weighted by Gasteiger charge is -2.35. The number of ether oxygens (including phenoxy) is 5. The van der Waals surface area contributed by atoms with E-state index in [2.05, 4.69) is 18.8 Å². The monoisotopic (exact) mass is 587 g/mol. The zero-order chi connectivity index (χ0) is 30.8. The number of nitrogen functional groups attached to an aromatic ring is 1. The second-order valence-corrected chi connectivity index (χ2v) is 12.5. The number of rotatable bonds is 11. The molecule has 2 aliphatic rings. The molecule has 1 saturated heterocycles. The Kier molecular flexibility index (Phi) is 8.44. The van der Waals surface area contributed by atoms with E-state index >= 15 is 0 Å². The maximum atomic E-state index is 13.2. The topological polar surface area (TPSA) is 105 Å². The molecule has 228 valence electrons. The number of carbonyl (C=O) groups excluding carboxylic acids is 1. The fourth-order valence-corrected chi connectivity index (χ4v) is 5.89. The Morgan fingerprint density at radius 2 is 1.63 bits per heavy atom. The molecule has 2 N–H and O–H groups in total. The molecule has 9 heteroatoms. The third-order valence-corrected chi connectivity index (χ3v) is 7.65. The molecule has 0 saturated carbocycles. The molecule has 1 amide bonds. The predicted octanol–water partition coefficient (Wildman–Crippen LogP) is 7.05. The molecule has 3 aromatic rings. The van der Waals surface area contributed by atoms with E-state index in [1.54, 1.807) is 38.5 Å². The van der Waals surface area contributed by atoms with Crippen LogP contribution in [0.25, 0.3) is 0 Å². The van der Waals surface area contributed by atoms with Crippen LogP contribution in [0.2, 0.25) is 0 Å². The van der Waals surface area contributed by atoms with Gasteiger partial charge >= 0.3 is 0 Å². The van der Waals surface area contributed by atoms with Crippen LogP contribution in [-0.4, -0.2) is 56.0 Å². The number of anilines is 1. The van der Waals surface area contributed by atoms with Gasteiger partial charge in [0.25, 0.3) is 5.91 Å². The van der Waals surface area contributed by atoms with E-state index in [4.69, 9.17) is 29.4 Å². The van der Waals surface area contributed by atoms with E-state index in [0.717, 1.165) is 25.1 Å². The maximum absolute atomic E-state index is 13.2. The minimum atomic E-state index is -0.541. The van der Waals surface area contributed by atoms with Crippen LogP contribution >= 0.6 is 0 Å². The summed E-state index contributed by atoms with van der Waals surface area (Å²) in [6.45, 7) is 9.50. The summed E-state index contributed by atoms with van der Waals surface area (Å²) in [5.41, 5.74) is 7.03. The molecule has 0 spiro atoms. The van der Waals surface area contributed by atoms with Crippen molar-refractivity contribution >= 4 is 23.5 Å². The molecular formula is C34H41N3O6. The molecule has 0 bridgehead atoms. The SMILES string of the molecule is COc1ccc(Oc2cc(OC(C)(C)CC(C)(C)COc3cc4c(cc3OC)C(=O)N3CCCC3C=N4)ccc2N)cc1. The Morgan fingerprint density at radius 3 is 2.35 bits per heavy atom. The van der Waals surface area contributed by atoms with Crippen molar-refractivity contribution in [3.63, 3.8) is 0 Å². The van der Waals surface area contributed by atoms with E-state index in [-0.39, 0.29) is 17.4 Å². The number of hydrogen-bond donors (Lipinski definition) is 1. The summed E-state index contributed by atoms with van der Waals surface area (Å²) in [6, 6.07) is 16.3. The molecule has 43 heavy (non-hydrogen) atoms. The average molecular weight is 588 g/mol. The van der Waals surface area contributed by atoms with E-state index in [1.807, 2.05) is 55.3 Å². The van der Waals surface area contributed by atoms with E-state index < -0.39 is 5.60 Å². The van der Waals surface area contributed by atoms with Crippen molar-refractivity contribution < 1.29 is 28.5 Å². The van der Waals surface area contributed by atoms with Crippen molar-refractivity contribution in [2.24, 2.45) is 10.4 Å². The minimum absolute atomic E-state index is 0.0145. The first-order valence-corrected chi connectivity index (χ1v) is 14.6. The quantitative estimate of drug-likeness (QED) is 0.240. The van der Waals surface area contributed by atoms with Crippen molar-refractivity contribution in [2.75, 3.05) is 33.1 Å². The lowest BCUT2D eigenvalue weighted by atomic mass is 9.82. The number of amides is 1. The number of aliphatic imine (C=N–C) groups is 1. The summed E-state index contributed by atoms with van der Waals surface area (Å²) in [5.74, 6) is 3.60. The lowest BCUT2D eigenvalue weighted by Crippen LogP contribution is -2.37. The van der Waals surface area contributed by atoms with Crippen molar-refractivity contribution in [1.82, 2.24) is 4.90 Å². The van der Waals surface area contributed by atoms with E-state index in [0.29, 0.717) is 58.7 Å². The second kappa shape index (κ2) is 12.1. The first-order valence-electron chi connectivity index (χ1n) is 14.6. The zero-order valence-electron chi connectivity index (χ0n) is 25.8. The fourth-order valence-electron chi connectivity index (χ4n) is 5.89. The number of fused-ring (bicyclic) bond motifs is 2. The molecule has 0 aliphatic carbocycles. The van der Waals surface area contributed by atoms with Gasteiger partial charge in [0.2, 0.25) is 0 Å². The molecule has 0 radical (unpaired) electrons. The average Bonchev–Trinajstić information content (AvgIpc) is 3.40. The molecule has 2 aliphatic heterocycles. The van der Waals surface area contributed by atoms with Gasteiger partial charge in [0.1, 0.15) is 22.8 Å². The molecule has 2 heterocycles. The number of nitrogens with zero attached hydrogens (tertiary/aromatic N) is 2. The van der Waals surface area contributed by atoms with Gasteiger partial charge in [0, 0.05) is 30.3 Å². The van der Waals surface area contributed by atoms with Gasteiger partial charge in [0.05, 0.1) is 43.8 Å². The van der Waals surface area contributed by atoms with Crippen molar-refractivity contribution in [3.05, 3.63) is 60.2 Å². The molecular weight excluding hydrogens is 546 g/mol. The second-order valence-electron chi connectivity index (χ2n) is 12.5. The highest BCUT2D eigenvalue weighted by molar-refractivity contribution is 6.03. The van der Waals surface area contributed by atoms with Gasteiger partial charge in [-0.1, -0.05) is 13.8 Å². The predicted molar refractivity (Wildman–Crippen MR) is 168 cm³/mol. The van der Waals surface area contributed by atoms with Crippen LogP contribution in [0.5, 0.6) is 34.5 Å². The highest BCUT2D eigenvalue weighted by atomic mass is 16.5. The standard InChI is InChI=1S/C34H41N3O6/c1-33(2,21-41-31-18-28-26(17-30(31)40-6)32(38)37-15-7-8-22(37)19-36-28)20-34(3,4)43-25-13-14-27(35)29(16-25)42-24-11-9-23(39-5)10-12-24/h9-14,16-19,22H,7-8,15,20-21,35H2,1-6H3. The Morgan fingerprint density at radius 1 is 0.907 bits per heavy atom. The number of methoxy groups -OCH3 is 2. The minimum Gasteiger partial charge on any atom is -0.497 e. The van der Waals surface area contributed by atoms with Gasteiger partial charge in [-0.05, 0) is 75.6 Å². The summed E-state index contributed by atoms with van der Waals surface area (Å²) in [4.78, 5) is 19.7. The van der Waals surface area contributed by atoms with Crippen LogP contribution in [0.1, 0.15) is 57.3 Å². The lowest BCUT2D eigenvalue weighted by molar-refractivity contribution is 0.0358. The molecule has 1 unspecified atom stereocenters. The first kappa shape index (κ1) is 30.1. The Labute approximate surface area is 253 Å². The van der Waals surface area contributed by atoms with Crippen molar-refractivity contribution in [3.8, 4) is 34.5 Å². The molecule has 9 nitrogen and oxygen atoms in total. The van der Waals surface area contributed by atoms with Crippen LogP contribution in [-0.2, 0) is 0 Å². The highest BCUT2D eigenvalue weighted by Gasteiger charge is 2.34. The van der Waals surface area contributed by atoms with Crippen LogP contribution in [0.15, 0.2) is 59.6 Å². The fraction of sp³-hybridized carbons (Fsp3) is 0.412. The molecule has 5 rings (SSSR count). The molecule has 1 atom stereocenters. The summed E-state index contributed by atoms with van der Waals surface area (Å²) in [7, 11) is 3.20. The Bertz CT molecular complexity index is 1500. The van der Waals surface area contributed by atoms with Crippen LogP contribution in [0, 0.1) is 5.41 Å². The molecule has 3 aromatic carbocycles. The van der Waals surface area contributed by atoms with Gasteiger partial charge < -0.3 is 34.3 Å². The third-order valence-electron chi connectivity index (χ3n) is 7.65. The Balaban J connectivity index is 1.25. The number of hydrogen-bond acceptors (Lipinski definition) is 8. The van der Waals surface area contributed by atoms with Crippen LogP contribution < -0.4 is 29.4 Å². The van der Waals surface area contributed by atoms with Gasteiger partial charge in [-0.15, -0.1) is 0 Å². The Hall–Kier alpha value is -4.40. The summed E-state index contributed by atoms with van der Waals surface area (Å²) >= 11 is 0. The first-order chi connectivity index (χ1) is 20.5. The molecule has 1 fully saturated rings. The third kappa shape index (κ3) is 6.98. The normalized spacial score (nSPS) is 16.3. The smallest absolute Gasteiger partial charge is 0.256 e. The number of carbonyl (C=O) groups is 1. The summed E-state index contributed by atoms with van der Waals surface area (Å²) in [5, 5.41) is 0. The van der Waals surface area contributed by atoms with E-state index in [1.165, 1.54) is 0 Å². The largest absolute Gasteiger partial charge is 0.497 e. The van der Waals surface area contributed by atoms with Gasteiger partial charge in [-0.25, -0.2) is 0 Å². The summed E-state index contributed by atoms with van der Waals surface area (Å²) < 4.78 is 29.6.